The maximum atomic E-state index is 9.72. The van der Waals surface area contributed by atoms with Gasteiger partial charge >= 0.3 is 0 Å². The van der Waals surface area contributed by atoms with Crippen molar-refractivity contribution in [1.29, 1.82) is 0 Å². The van der Waals surface area contributed by atoms with Crippen molar-refractivity contribution in [3.63, 3.8) is 0 Å². The first-order valence-electron chi connectivity index (χ1n) is 15.7. The molecule has 0 saturated heterocycles. The molecule has 0 aliphatic rings. The van der Waals surface area contributed by atoms with Crippen LogP contribution in [0.3, 0.4) is 0 Å². The van der Waals surface area contributed by atoms with Crippen LogP contribution < -0.4 is 0 Å². The van der Waals surface area contributed by atoms with Gasteiger partial charge in [-0.1, -0.05) is 148 Å². The molecule has 36 heavy (non-hydrogen) atoms. The summed E-state index contributed by atoms with van der Waals surface area (Å²) in [4.78, 5) is 0. The Morgan fingerprint density at radius 3 is 1.08 bits per heavy atom. The molecule has 0 fully saturated rings. The molecule has 1 aromatic carbocycles. The van der Waals surface area contributed by atoms with Crippen molar-refractivity contribution < 1.29 is 5.11 Å². The van der Waals surface area contributed by atoms with Gasteiger partial charge in [0.05, 0.1) is 6.61 Å². The fourth-order valence-corrected chi connectivity index (χ4v) is 6.77. The van der Waals surface area contributed by atoms with Crippen LogP contribution in [-0.4, -0.2) is 16.6 Å². The monoisotopic (exact) mass is 536 g/mol. The molecule has 0 aliphatic heterocycles. The zero-order chi connectivity index (χ0) is 25.9. The molecule has 3 heteroatoms. The number of aliphatic hydroxyl groups is 1. The van der Waals surface area contributed by atoms with E-state index in [9.17, 15) is 5.11 Å². The van der Waals surface area contributed by atoms with E-state index in [1.54, 1.807) is 0 Å². The number of benzene rings is 1. The standard InChI is InChI=1S/C33H60OS2/c1-3-5-7-9-11-13-15-17-19-21-23-35-29-32-25-31(28-34)26-33(27-32)30-36-24-22-20-18-16-14-12-10-8-6-4-2/h25-27,34H,3-24,28-30H2,1-2H3. The Labute approximate surface area is 234 Å². The van der Waals surface area contributed by atoms with E-state index in [0.717, 1.165) is 17.1 Å². The summed E-state index contributed by atoms with van der Waals surface area (Å²) in [6.45, 7) is 4.74. The van der Waals surface area contributed by atoms with E-state index in [-0.39, 0.29) is 6.61 Å². The van der Waals surface area contributed by atoms with Gasteiger partial charge < -0.3 is 5.11 Å². The van der Waals surface area contributed by atoms with Gasteiger partial charge in [-0.05, 0) is 41.0 Å². The largest absolute Gasteiger partial charge is 0.392 e. The molecule has 0 spiro atoms. The predicted octanol–water partition coefficient (Wildman–Crippen LogP) is 11.5. The average molecular weight is 537 g/mol. The van der Waals surface area contributed by atoms with E-state index in [1.165, 1.54) is 151 Å². The molecule has 0 radical (unpaired) electrons. The number of aliphatic hydroxyl groups excluding tert-OH is 1. The van der Waals surface area contributed by atoms with Gasteiger partial charge in [-0.2, -0.15) is 23.5 Å². The lowest BCUT2D eigenvalue weighted by Gasteiger charge is -2.09. The van der Waals surface area contributed by atoms with Crippen LogP contribution in [0.4, 0.5) is 0 Å². The SMILES string of the molecule is CCCCCCCCCCCCSCc1cc(CO)cc(CSCCCCCCCCCCCC)c1. The lowest BCUT2D eigenvalue weighted by Crippen LogP contribution is -1.93. The Bertz CT molecular complexity index is 543. The topological polar surface area (TPSA) is 20.2 Å². The van der Waals surface area contributed by atoms with Crippen molar-refractivity contribution in [2.75, 3.05) is 11.5 Å². The number of rotatable bonds is 27. The molecule has 0 unspecified atom stereocenters. The Morgan fingerprint density at radius 2 is 0.750 bits per heavy atom. The quantitative estimate of drug-likeness (QED) is 0.113. The first-order valence-corrected chi connectivity index (χ1v) is 18.0. The van der Waals surface area contributed by atoms with Crippen LogP contribution in [0.1, 0.15) is 159 Å². The third-order valence-corrected chi connectivity index (χ3v) is 9.35. The summed E-state index contributed by atoms with van der Waals surface area (Å²) >= 11 is 4.14. The molecular formula is C33H60OS2. The van der Waals surface area contributed by atoms with Crippen LogP contribution in [0, 0.1) is 0 Å². The third kappa shape index (κ3) is 20.9. The number of hydrogen-bond acceptors (Lipinski definition) is 3. The zero-order valence-electron chi connectivity index (χ0n) is 24.2. The van der Waals surface area contributed by atoms with E-state index in [2.05, 4.69) is 55.6 Å². The zero-order valence-corrected chi connectivity index (χ0v) is 25.8. The Morgan fingerprint density at radius 1 is 0.444 bits per heavy atom. The van der Waals surface area contributed by atoms with Gasteiger partial charge in [-0.3, -0.25) is 0 Å². The van der Waals surface area contributed by atoms with Crippen molar-refractivity contribution in [2.24, 2.45) is 0 Å². The van der Waals surface area contributed by atoms with Crippen molar-refractivity contribution >= 4 is 23.5 Å². The normalized spacial score (nSPS) is 11.4. The van der Waals surface area contributed by atoms with Crippen LogP contribution in [-0.2, 0) is 18.1 Å². The lowest BCUT2D eigenvalue weighted by molar-refractivity contribution is 0.281. The van der Waals surface area contributed by atoms with Crippen molar-refractivity contribution in [3.8, 4) is 0 Å². The van der Waals surface area contributed by atoms with Crippen LogP contribution in [0.2, 0.25) is 0 Å². The van der Waals surface area contributed by atoms with E-state index in [1.807, 2.05) is 0 Å². The van der Waals surface area contributed by atoms with E-state index in [4.69, 9.17) is 0 Å². The fourth-order valence-electron chi connectivity index (χ4n) is 4.86. The van der Waals surface area contributed by atoms with Gasteiger partial charge in [0.1, 0.15) is 0 Å². The summed E-state index contributed by atoms with van der Waals surface area (Å²) in [6.07, 6.45) is 28.2. The van der Waals surface area contributed by atoms with Crippen LogP contribution in [0.25, 0.3) is 0 Å². The second-order valence-electron chi connectivity index (χ2n) is 10.8. The average Bonchev–Trinajstić information content (AvgIpc) is 2.89. The minimum atomic E-state index is 0.160. The number of unbranched alkanes of at least 4 members (excludes halogenated alkanes) is 18. The minimum Gasteiger partial charge on any atom is -0.392 e. The molecule has 210 valence electrons. The summed E-state index contributed by atoms with van der Waals surface area (Å²) in [7, 11) is 0. The molecule has 0 atom stereocenters. The highest BCUT2D eigenvalue weighted by Crippen LogP contribution is 2.22. The highest BCUT2D eigenvalue weighted by Gasteiger charge is 2.03. The van der Waals surface area contributed by atoms with E-state index < -0.39 is 0 Å². The number of thioether (sulfide) groups is 2. The molecule has 0 aliphatic carbocycles. The maximum Gasteiger partial charge on any atom is 0.0682 e. The first-order chi connectivity index (χ1) is 17.8. The lowest BCUT2D eigenvalue weighted by atomic mass is 10.1. The summed E-state index contributed by atoms with van der Waals surface area (Å²) in [5.41, 5.74) is 3.88. The molecule has 0 bridgehead atoms. The smallest absolute Gasteiger partial charge is 0.0682 e. The molecule has 1 nitrogen and oxygen atoms in total. The van der Waals surface area contributed by atoms with Crippen LogP contribution in [0.15, 0.2) is 18.2 Å². The Kier molecular flexibility index (Phi) is 24.9. The molecule has 0 amide bonds. The Balaban J connectivity index is 2.06. The fraction of sp³-hybridized carbons (Fsp3) is 0.818. The summed E-state index contributed by atoms with van der Waals surface area (Å²) in [6, 6.07) is 6.81. The Hall–Kier alpha value is -0.120. The van der Waals surface area contributed by atoms with Gasteiger partial charge in [0.25, 0.3) is 0 Å². The van der Waals surface area contributed by atoms with Crippen molar-refractivity contribution in [2.45, 2.75) is 160 Å². The highest BCUT2D eigenvalue weighted by molar-refractivity contribution is 7.98. The third-order valence-electron chi connectivity index (χ3n) is 7.12. The maximum absolute atomic E-state index is 9.72. The van der Waals surface area contributed by atoms with Crippen LogP contribution in [0.5, 0.6) is 0 Å². The van der Waals surface area contributed by atoms with Gasteiger partial charge in [0, 0.05) is 11.5 Å². The van der Waals surface area contributed by atoms with Crippen molar-refractivity contribution in [3.05, 3.63) is 34.9 Å². The molecule has 1 N–H and O–H groups in total. The number of hydrogen-bond donors (Lipinski definition) is 1. The summed E-state index contributed by atoms with van der Waals surface area (Å²) < 4.78 is 0. The van der Waals surface area contributed by atoms with Gasteiger partial charge in [-0.15, -0.1) is 0 Å². The van der Waals surface area contributed by atoms with Gasteiger partial charge in [0.2, 0.25) is 0 Å². The second kappa shape index (κ2) is 26.5. The van der Waals surface area contributed by atoms with Gasteiger partial charge in [-0.25, -0.2) is 0 Å². The van der Waals surface area contributed by atoms with Crippen LogP contribution >= 0.6 is 23.5 Å². The minimum absolute atomic E-state index is 0.160. The molecule has 0 heterocycles. The second-order valence-corrected chi connectivity index (χ2v) is 13.0. The molecule has 0 aromatic heterocycles. The molecular weight excluding hydrogens is 476 g/mol. The van der Waals surface area contributed by atoms with E-state index >= 15 is 0 Å². The summed E-state index contributed by atoms with van der Waals surface area (Å²) in [5.74, 6) is 4.70. The van der Waals surface area contributed by atoms with Crippen molar-refractivity contribution in [1.82, 2.24) is 0 Å². The molecule has 0 saturated carbocycles. The first kappa shape index (κ1) is 33.9. The highest BCUT2D eigenvalue weighted by atomic mass is 32.2. The molecule has 1 rings (SSSR count). The van der Waals surface area contributed by atoms with Gasteiger partial charge in [0.15, 0.2) is 0 Å². The van der Waals surface area contributed by atoms with E-state index in [0.29, 0.717) is 0 Å². The molecule has 1 aromatic rings. The summed E-state index contributed by atoms with van der Waals surface area (Å²) in [5, 5.41) is 9.72. The predicted molar refractivity (Wildman–Crippen MR) is 168 cm³/mol.